The minimum atomic E-state index is -2.65. The van der Waals surface area contributed by atoms with Gasteiger partial charge in [0.15, 0.2) is 11.4 Å². The molecule has 39 heavy (non-hydrogen) atoms. The van der Waals surface area contributed by atoms with E-state index in [9.17, 15) is 39.6 Å². The normalized spacial score (nSPS) is 23.9. The zero-order valence-corrected chi connectivity index (χ0v) is 20.6. The lowest BCUT2D eigenvalue weighted by Crippen LogP contribution is -2.58. The minimum absolute atomic E-state index is 0.0257. The molecule has 0 saturated heterocycles. The van der Waals surface area contributed by atoms with Crippen molar-refractivity contribution in [2.24, 2.45) is 17.6 Å². The van der Waals surface area contributed by atoms with Crippen LogP contribution in [-0.4, -0.2) is 56.7 Å². The lowest BCUT2D eigenvalue weighted by Gasteiger charge is -2.46. The number of carbonyl (C=O) groups is 4. The fraction of sp³-hybridized carbons (Fsp3) is 0.259. The Morgan fingerprint density at radius 3 is 2.33 bits per heavy atom. The zero-order chi connectivity index (χ0) is 28.2. The van der Waals surface area contributed by atoms with Crippen molar-refractivity contribution in [3.05, 3.63) is 64.4 Å². The number of methoxy groups -OCH3 is 1. The number of nitrogens with two attached hydrogens (primary N) is 1. The van der Waals surface area contributed by atoms with Gasteiger partial charge in [0, 0.05) is 17.9 Å². The first-order chi connectivity index (χ1) is 18.5. The Balaban J connectivity index is 1.49. The van der Waals surface area contributed by atoms with Crippen LogP contribution in [0, 0.1) is 11.8 Å². The van der Waals surface area contributed by atoms with Crippen molar-refractivity contribution in [2.45, 2.75) is 24.9 Å². The van der Waals surface area contributed by atoms with Gasteiger partial charge in [-0.3, -0.25) is 19.7 Å². The molecule has 12 heteroatoms. The number of amides is 2. The van der Waals surface area contributed by atoms with Gasteiger partial charge >= 0.3 is 6.09 Å². The third kappa shape index (κ3) is 3.96. The second kappa shape index (κ2) is 9.17. The molecular weight excluding hydrogens is 512 g/mol. The number of phenols is 1. The van der Waals surface area contributed by atoms with Gasteiger partial charge in [0.1, 0.15) is 34.3 Å². The second-order valence-corrected chi connectivity index (χ2v) is 9.59. The molecule has 0 spiro atoms. The topological polar surface area (TPSA) is 206 Å². The molecule has 0 heterocycles. The highest BCUT2D eigenvalue weighted by Crippen LogP contribution is 2.52. The lowest BCUT2D eigenvalue weighted by atomic mass is 9.59. The number of Topliss-reactive ketones (excluding diaryl/α,β-unsaturated/α-hetero) is 2. The Kier molecular flexibility index (Phi) is 6.06. The van der Waals surface area contributed by atoms with Crippen LogP contribution in [0.5, 0.6) is 17.2 Å². The van der Waals surface area contributed by atoms with E-state index in [4.69, 9.17) is 15.2 Å². The van der Waals surface area contributed by atoms with Gasteiger partial charge in [0.2, 0.25) is 5.78 Å². The molecule has 12 nitrogen and oxygen atoms in total. The summed E-state index contributed by atoms with van der Waals surface area (Å²) in [4.78, 5) is 50.1. The number of primary amides is 1. The number of anilines is 1. The first-order valence-electron chi connectivity index (χ1n) is 11.9. The molecule has 3 aliphatic carbocycles. The summed E-state index contributed by atoms with van der Waals surface area (Å²) in [6.45, 7) is 0. The number of ether oxygens (including phenoxy) is 2. The van der Waals surface area contributed by atoms with Crippen LogP contribution in [-0.2, 0) is 20.8 Å². The Bertz CT molecular complexity index is 1510. The summed E-state index contributed by atoms with van der Waals surface area (Å²) < 4.78 is 10.2. The van der Waals surface area contributed by atoms with E-state index in [0.29, 0.717) is 11.3 Å². The molecule has 0 bridgehead atoms. The van der Waals surface area contributed by atoms with E-state index in [2.05, 4.69) is 5.32 Å². The Hall–Kier alpha value is -4.84. The quantitative estimate of drug-likeness (QED) is 0.248. The molecule has 7 N–H and O–H groups in total. The highest BCUT2D eigenvalue weighted by Gasteiger charge is 2.60. The highest BCUT2D eigenvalue weighted by atomic mass is 16.6. The number of rotatable bonds is 4. The Morgan fingerprint density at radius 1 is 1.03 bits per heavy atom. The molecule has 1 fully saturated rings. The van der Waals surface area contributed by atoms with Crippen LogP contribution in [0.1, 0.15) is 24.0 Å². The smallest absolute Gasteiger partial charge is 0.417 e. The number of benzene rings is 2. The summed E-state index contributed by atoms with van der Waals surface area (Å²) in [5.74, 6) is -6.49. The van der Waals surface area contributed by atoms with Gasteiger partial charge in [0.05, 0.1) is 18.4 Å². The fourth-order valence-corrected chi connectivity index (χ4v) is 5.58. The van der Waals surface area contributed by atoms with E-state index in [1.807, 2.05) is 0 Å². The van der Waals surface area contributed by atoms with Crippen molar-refractivity contribution in [2.75, 3.05) is 12.4 Å². The number of aromatic hydroxyl groups is 1. The number of ketones is 2. The summed E-state index contributed by atoms with van der Waals surface area (Å²) in [6.07, 6.45) is -1.16. The van der Waals surface area contributed by atoms with Crippen LogP contribution in [0.25, 0.3) is 5.76 Å². The molecule has 0 radical (unpaired) electrons. The van der Waals surface area contributed by atoms with E-state index in [1.54, 1.807) is 18.2 Å². The average Bonchev–Trinajstić information content (AvgIpc) is 2.88. The van der Waals surface area contributed by atoms with Crippen molar-refractivity contribution < 1.29 is 49.1 Å². The minimum Gasteiger partial charge on any atom is -0.508 e. The number of hydrogen-bond donors (Lipinski definition) is 6. The van der Waals surface area contributed by atoms with Crippen molar-refractivity contribution in [3.63, 3.8) is 0 Å². The second-order valence-electron chi connectivity index (χ2n) is 9.59. The SMILES string of the molecule is COc1ccc(OC(=O)Nc2ccc3c(c2O)C(O)=C2C(=O)C4(O)C(O)=C(C(N)=O)C(=O)CC4CC2C3)cc1. The molecule has 2 amide bonds. The molecule has 5 rings (SSSR count). The third-order valence-corrected chi connectivity index (χ3v) is 7.44. The van der Waals surface area contributed by atoms with Gasteiger partial charge in [-0.25, -0.2) is 4.79 Å². The highest BCUT2D eigenvalue weighted by molar-refractivity contribution is 6.22. The number of aliphatic hydroxyl groups is 3. The van der Waals surface area contributed by atoms with Gasteiger partial charge < -0.3 is 35.6 Å². The van der Waals surface area contributed by atoms with Gasteiger partial charge in [-0.15, -0.1) is 0 Å². The third-order valence-electron chi connectivity index (χ3n) is 7.44. The van der Waals surface area contributed by atoms with Crippen LogP contribution in [0.4, 0.5) is 10.5 Å². The molecule has 2 aromatic carbocycles. The predicted octanol–water partition coefficient (Wildman–Crippen LogP) is 2.04. The van der Waals surface area contributed by atoms with Crippen LogP contribution in [0.3, 0.4) is 0 Å². The van der Waals surface area contributed by atoms with Crippen molar-refractivity contribution in [3.8, 4) is 17.2 Å². The molecular formula is C27H24N2O10. The molecule has 2 aromatic rings. The number of nitrogens with one attached hydrogen (secondary N) is 1. The Morgan fingerprint density at radius 2 is 1.69 bits per heavy atom. The molecule has 0 aliphatic heterocycles. The number of phenolic OH excluding ortho intramolecular Hbond substituents is 1. The van der Waals surface area contributed by atoms with Gasteiger partial charge in [-0.2, -0.15) is 0 Å². The van der Waals surface area contributed by atoms with Gasteiger partial charge in [-0.05, 0) is 54.7 Å². The zero-order valence-electron chi connectivity index (χ0n) is 20.6. The fourth-order valence-electron chi connectivity index (χ4n) is 5.58. The van der Waals surface area contributed by atoms with Crippen LogP contribution in [0.2, 0.25) is 0 Å². The van der Waals surface area contributed by atoms with Crippen molar-refractivity contribution in [1.82, 2.24) is 0 Å². The molecule has 3 aliphatic rings. The first kappa shape index (κ1) is 25.8. The van der Waals surface area contributed by atoms with Crippen molar-refractivity contribution in [1.29, 1.82) is 0 Å². The number of carbonyl (C=O) groups excluding carboxylic acids is 4. The molecule has 202 valence electrons. The summed E-state index contributed by atoms with van der Waals surface area (Å²) in [6, 6.07) is 9.12. The molecule has 3 unspecified atom stereocenters. The summed E-state index contributed by atoms with van der Waals surface area (Å²) >= 11 is 0. The molecule has 3 atom stereocenters. The van der Waals surface area contributed by atoms with Gasteiger partial charge in [-0.1, -0.05) is 6.07 Å². The van der Waals surface area contributed by atoms with E-state index < -0.39 is 70.3 Å². The standard InChI is InChI=1S/C27H24N2O10/c1-38-14-3-5-15(6-4-14)39-26(36)29-16-7-2-11-8-12-9-13-10-17(30)20(25(28)35)24(34)27(13,37)23(33)19(12)22(32)18(11)21(16)31/h2-7,12-13,31-32,34,37H,8-10H2,1H3,(H2,28,35)(H,29,36). The summed E-state index contributed by atoms with van der Waals surface area (Å²) in [7, 11) is 1.49. The van der Waals surface area contributed by atoms with Gasteiger partial charge in [0.25, 0.3) is 5.91 Å². The van der Waals surface area contributed by atoms with E-state index in [0.717, 1.165) is 0 Å². The number of fused-ring (bicyclic) bond motifs is 3. The van der Waals surface area contributed by atoms with Crippen molar-refractivity contribution >= 4 is 35.0 Å². The maximum absolute atomic E-state index is 13.5. The van der Waals surface area contributed by atoms with E-state index in [1.165, 1.54) is 25.3 Å². The number of hydrogen-bond acceptors (Lipinski definition) is 10. The van der Waals surface area contributed by atoms with Crippen LogP contribution >= 0.6 is 0 Å². The maximum atomic E-state index is 13.5. The number of aliphatic hydroxyl groups excluding tert-OH is 2. The monoisotopic (exact) mass is 536 g/mol. The largest absolute Gasteiger partial charge is 0.508 e. The first-order valence-corrected chi connectivity index (χ1v) is 11.9. The molecule has 0 aromatic heterocycles. The molecule has 1 saturated carbocycles. The van der Waals surface area contributed by atoms with Crippen LogP contribution < -0.4 is 20.5 Å². The lowest BCUT2D eigenvalue weighted by molar-refractivity contribution is -0.147. The summed E-state index contributed by atoms with van der Waals surface area (Å²) in [5.41, 5.74) is 1.58. The maximum Gasteiger partial charge on any atom is 0.417 e. The van der Waals surface area contributed by atoms with E-state index in [-0.39, 0.29) is 35.4 Å². The Labute approximate surface area is 221 Å². The predicted molar refractivity (Wildman–Crippen MR) is 134 cm³/mol. The van der Waals surface area contributed by atoms with E-state index >= 15 is 0 Å². The summed E-state index contributed by atoms with van der Waals surface area (Å²) in [5, 5.41) is 46.4. The average molecular weight is 536 g/mol. The van der Waals surface area contributed by atoms with Crippen LogP contribution in [0.15, 0.2) is 53.3 Å².